The highest BCUT2D eigenvalue weighted by molar-refractivity contribution is 5.89. The van der Waals surface area contributed by atoms with Crippen LogP contribution >= 0.6 is 0 Å². The number of nitrogens with one attached hydrogen (secondary N) is 1. The molecule has 3 atom stereocenters. The van der Waals surface area contributed by atoms with Gasteiger partial charge in [-0.25, -0.2) is 0 Å². The molecule has 1 aliphatic carbocycles. The molecular weight excluding hydrogens is 272 g/mol. The van der Waals surface area contributed by atoms with Gasteiger partial charge in [0.1, 0.15) is 12.1 Å². The SMILES string of the molecule is CCCC(=O)N1C[C@H](O)[C@H](O)[C@H]1C(=O)NC1CCCCC1. The lowest BCUT2D eigenvalue weighted by Gasteiger charge is -2.29. The van der Waals surface area contributed by atoms with Crippen LogP contribution < -0.4 is 5.32 Å². The Morgan fingerprint density at radius 3 is 2.48 bits per heavy atom. The molecule has 2 amide bonds. The van der Waals surface area contributed by atoms with Crippen molar-refractivity contribution < 1.29 is 19.8 Å². The molecule has 1 aliphatic heterocycles. The molecule has 0 radical (unpaired) electrons. The van der Waals surface area contributed by atoms with Gasteiger partial charge < -0.3 is 20.4 Å². The number of nitrogens with zero attached hydrogens (tertiary/aromatic N) is 1. The van der Waals surface area contributed by atoms with Crippen LogP contribution in [0.25, 0.3) is 0 Å². The largest absolute Gasteiger partial charge is 0.388 e. The highest BCUT2D eigenvalue weighted by Gasteiger charge is 2.46. The van der Waals surface area contributed by atoms with Gasteiger partial charge in [0.15, 0.2) is 0 Å². The van der Waals surface area contributed by atoms with Crippen LogP contribution in [0.1, 0.15) is 51.9 Å². The number of hydrogen-bond acceptors (Lipinski definition) is 4. The van der Waals surface area contributed by atoms with Crippen molar-refractivity contribution >= 4 is 11.8 Å². The summed E-state index contributed by atoms with van der Waals surface area (Å²) in [7, 11) is 0. The van der Waals surface area contributed by atoms with E-state index in [4.69, 9.17) is 0 Å². The van der Waals surface area contributed by atoms with Crippen molar-refractivity contribution in [3.63, 3.8) is 0 Å². The van der Waals surface area contributed by atoms with Crippen LogP contribution in [0.3, 0.4) is 0 Å². The van der Waals surface area contributed by atoms with E-state index in [1.165, 1.54) is 11.3 Å². The number of carbonyl (C=O) groups is 2. The zero-order valence-electron chi connectivity index (χ0n) is 12.6. The molecule has 2 aliphatic rings. The van der Waals surface area contributed by atoms with Crippen molar-refractivity contribution in [1.82, 2.24) is 10.2 Å². The van der Waals surface area contributed by atoms with Crippen LogP contribution in [0.5, 0.6) is 0 Å². The molecule has 6 heteroatoms. The first kappa shape index (κ1) is 16.2. The van der Waals surface area contributed by atoms with Crippen LogP contribution in [-0.4, -0.2) is 57.8 Å². The molecular formula is C15H26N2O4. The molecule has 1 saturated heterocycles. The van der Waals surface area contributed by atoms with Gasteiger partial charge in [0.2, 0.25) is 11.8 Å². The number of carbonyl (C=O) groups excluding carboxylic acids is 2. The number of hydrogen-bond donors (Lipinski definition) is 3. The van der Waals surface area contributed by atoms with E-state index in [0.29, 0.717) is 12.8 Å². The second kappa shape index (κ2) is 7.22. The number of rotatable bonds is 4. The maximum Gasteiger partial charge on any atom is 0.245 e. The Kier molecular flexibility index (Phi) is 5.58. The lowest BCUT2D eigenvalue weighted by atomic mass is 9.95. The first-order chi connectivity index (χ1) is 10.0. The van der Waals surface area contributed by atoms with E-state index >= 15 is 0 Å². The average Bonchev–Trinajstić information content (AvgIpc) is 2.76. The summed E-state index contributed by atoms with van der Waals surface area (Å²) in [5, 5.41) is 22.8. The zero-order chi connectivity index (χ0) is 15.4. The van der Waals surface area contributed by atoms with E-state index in [1.807, 2.05) is 6.92 Å². The number of amides is 2. The van der Waals surface area contributed by atoms with Crippen molar-refractivity contribution in [3.8, 4) is 0 Å². The predicted octanol–water partition coefficient (Wildman–Crippen LogP) is 0.168. The van der Waals surface area contributed by atoms with E-state index in [9.17, 15) is 19.8 Å². The molecule has 0 spiro atoms. The van der Waals surface area contributed by atoms with E-state index in [-0.39, 0.29) is 24.4 Å². The van der Waals surface area contributed by atoms with Gasteiger partial charge in [-0.05, 0) is 19.3 Å². The Bertz CT molecular complexity index is 382. The third kappa shape index (κ3) is 3.74. The van der Waals surface area contributed by atoms with Gasteiger partial charge in [-0.15, -0.1) is 0 Å². The van der Waals surface area contributed by atoms with Crippen molar-refractivity contribution in [3.05, 3.63) is 0 Å². The first-order valence-corrected chi connectivity index (χ1v) is 8.00. The molecule has 6 nitrogen and oxygen atoms in total. The van der Waals surface area contributed by atoms with E-state index in [2.05, 4.69) is 5.32 Å². The summed E-state index contributed by atoms with van der Waals surface area (Å²) in [4.78, 5) is 25.8. The molecule has 0 aromatic heterocycles. The Morgan fingerprint density at radius 1 is 1.19 bits per heavy atom. The van der Waals surface area contributed by atoms with Gasteiger partial charge in [0.25, 0.3) is 0 Å². The summed E-state index contributed by atoms with van der Waals surface area (Å²) in [5.41, 5.74) is 0. The van der Waals surface area contributed by atoms with Crippen molar-refractivity contribution in [2.24, 2.45) is 0 Å². The van der Waals surface area contributed by atoms with Gasteiger partial charge in [0.05, 0.1) is 12.6 Å². The van der Waals surface area contributed by atoms with Gasteiger partial charge in [0, 0.05) is 12.5 Å². The Labute approximate surface area is 125 Å². The maximum atomic E-state index is 12.4. The molecule has 21 heavy (non-hydrogen) atoms. The van der Waals surface area contributed by atoms with Crippen LogP contribution in [0, 0.1) is 0 Å². The molecule has 2 fully saturated rings. The fraction of sp³-hybridized carbons (Fsp3) is 0.867. The van der Waals surface area contributed by atoms with Gasteiger partial charge in [-0.2, -0.15) is 0 Å². The average molecular weight is 298 g/mol. The second-order valence-corrected chi connectivity index (χ2v) is 6.14. The second-order valence-electron chi connectivity index (χ2n) is 6.14. The smallest absolute Gasteiger partial charge is 0.245 e. The number of likely N-dealkylation sites (tertiary alicyclic amines) is 1. The third-order valence-electron chi connectivity index (χ3n) is 4.44. The lowest BCUT2D eigenvalue weighted by molar-refractivity contribution is -0.141. The summed E-state index contributed by atoms with van der Waals surface area (Å²) in [6, 6.07) is -0.833. The summed E-state index contributed by atoms with van der Waals surface area (Å²) in [6.45, 7) is 1.92. The molecule has 0 aromatic carbocycles. The van der Waals surface area contributed by atoms with E-state index in [0.717, 1.165) is 25.7 Å². The van der Waals surface area contributed by atoms with Crippen molar-refractivity contribution in [2.75, 3.05) is 6.54 Å². The van der Waals surface area contributed by atoms with Gasteiger partial charge >= 0.3 is 0 Å². The predicted molar refractivity (Wildman–Crippen MR) is 77.4 cm³/mol. The fourth-order valence-electron chi connectivity index (χ4n) is 3.26. The standard InChI is InChI=1S/C15H26N2O4/c1-2-6-12(19)17-9-11(18)14(20)13(17)15(21)16-10-7-4-3-5-8-10/h10-11,13-14,18,20H,2-9H2,1H3,(H,16,21)/t11-,13-,14-/m0/s1. The maximum absolute atomic E-state index is 12.4. The molecule has 1 heterocycles. The summed E-state index contributed by atoms with van der Waals surface area (Å²) < 4.78 is 0. The minimum absolute atomic E-state index is 0.0305. The van der Waals surface area contributed by atoms with Gasteiger partial charge in [-0.1, -0.05) is 26.2 Å². The zero-order valence-corrected chi connectivity index (χ0v) is 12.6. The highest BCUT2D eigenvalue weighted by atomic mass is 16.3. The molecule has 0 unspecified atom stereocenters. The Morgan fingerprint density at radius 2 is 1.86 bits per heavy atom. The molecule has 120 valence electrons. The quantitative estimate of drug-likeness (QED) is 0.690. The van der Waals surface area contributed by atoms with Crippen molar-refractivity contribution in [2.45, 2.75) is 76.2 Å². The van der Waals surface area contributed by atoms with Crippen molar-refractivity contribution in [1.29, 1.82) is 0 Å². The highest BCUT2D eigenvalue weighted by Crippen LogP contribution is 2.22. The minimum Gasteiger partial charge on any atom is -0.388 e. The fourth-order valence-corrected chi connectivity index (χ4v) is 3.26. The van der Waals surface area contributed by atoms with E-state index in [1.54, 1.807) is 0 Å². The van der Waals surface area contributed by atoms with Crippen LogP contribution in [0.15, 0.2) is 0 Å². The van der Waals surface area contributed by atoms with Gasteiger partial charge in [-0.3, -0.25) is 9.59 Å². The number of aliphatic hydroxyl groups excluding tert-OH is 2. The normalized spacial score (nSPS) is 30.4. The van der Waals surface area contributed by atoms with Crippen LogP contribution in [0.4, 0.5) is 0 Å². The first-order valence-electron chi connectivity index (χ1n) is 8.00. The third-order valence-corrected chi connectivity index (χ3v) is 4.44. The summed E-state index contributed by atoms with van der Waals surface area (Å²) in [6.07, 6.45) is 4.03. The monoisotopic (exact) mass is 298 g/mol. The molecule has 3 N–H and O–H groups in total. The summed E-state index contributed by atoms with van der Waals surface area (Å²) in [5.74, 6) is -0.521. The number of aliphatic hydroxyl groups is 2. The topological polar surface area (TPSA) is 89.9 Å². The van der Waals surface area contributed by atoms with Crippen LogP contribution in [-0.2, 0) is 9.59 Å². The lowest BCUT2D eigenvalue weighted by Crippen LogP contribution is -2.53. The Hall–Kier alpha value is -1.14. The minimum atomic E-state index is -1.20. The summed E-state index contributed by atoms with van der Waals surface area (Å²) >= 11 is 0. The Balaban J connectivity index is 2.02. The molecule has 2 rings (SSSR count). The molecule has 1 saturated carbocycles. The molecule has 0 bridgehead atoms. The molecule has 0 aromatic rings. The number of β-amino-alcohol motifs (C(OH)–C–C–N with tert-alkyl or cyclic N) is 1. The van der Waals surface area contributed by atoms with Crippen LogP contribution in [0.2, 0.25) is 0 Å². The van der Waals surface area contributed by atoms with E-state index < -0.39 is 18.2 Å².